The lowest BCUT2D eigenvalue weighted by atomic mass is 9.96. The third kappa shape index (κ3) is 4.05. The van der Waals surface area contributed by atoms with Crippen LogP contribution in [-0.4, -0.2) is 21.8 Å². The normalized spacial score (nSPS) is 17.6. The molecule has 6 heteroatoms. The van der Waals surface area contributed by atoms with Gasteiger partial charge in [-0.25, -0.2) is 0 Å². The topological polar surface area (TPSA) is 42.3 Å². The van der Waals surface area contributed by atoms with E-state index in [2.05, 4.69) is 82.1 Å². The first-order chi connectivity index (χ1) is 16.6. The largest absolute Gasteiger partial charge is 0.497 e. The number of hydrogen-bond donors (Lipinski definition) is 1. The number of benzene rings is 2. The summed E-state index contributed by atoms with van der Waals surface area (Å²) in [6.45, 7) is 5.20. The van der Waals surface area contributed by atoms with Crippen LogP contribution < -0.4 is 15.0 Å². The highest BCUT2D eigenvalue weighted by molar-refractivity contribution is 7.80. The molecular weight excluding hydrogens is 440 g/mol. The second kappa shape index (κ2) is 9.31. The van der Waals surface area contributed by atoms with Crippen molar-refractivity contribution in [1.82, 2.24) is 14.9 Å². The van der Waals surface area contributed by atoms with Crippen molar-refractivity contribution in [3.8, 4) is 5.75 Å². The van der Waals surface area contributed by atoms with Crippen LogP contribution in [0.25, 0.3) is 0 Å². The van der Waals surface area contributed by atoms with Crippen molar-refractivity contribution < 1.29 is 4.74 Å². The fraction of sp³-hybridized carbons (Fsp3) is 0.214. The van der Waals surface area contributed by atoms with Crippen LogP contribution in [-0.2, 0) is 6.54 Å². The molecule has 0 saturated carbocycles. The molecule has 2 atom stereocenters. The van der Waals surface area contributed by atoms with Gasteiger partial charge in [-0.15, -0.1) is 0 Å². The van der Waals surface area contributed by atoms with Crippen LogP contribution in [0.15, 0.2) is 85.1 Å². The molecule has 5 rings (SSSR count). The lowest BCUT2D eigenvalue weighted by Gasteiger charge is -2.28. The number of hydrogen-bond acceptors (Lipinski definition) is 3. The molecule has 0 bridgehead atoms. The van der Waals surface area contributed by atoms with Crippen LogP contribution in [0.5, 0.6) is 5.75 Å². The molecule has 1 aliphatic rings. The highest BCUT2D eigenvalue weighted by Gasteiger charge is 2.42. The average molecular weight is 469 g/mol. The Morgan fingerprint density at radius 1 is 0.971 bits per heavy atom. The first-order valence-electron chi connectivity index (χ1n) is 11.4. The molecule has 0 radical (unpaired) electrons. The number of anilines is 1. The lowest BCUT2D eigenvalue weighted by molar-refractivity contribution is 0.415. The Hall–Kier alpha value is -3.64. The molecule has 4 aromatic rings. The first kappa shape index (κ1) is 22.2. The van der Waals surface area contributed by atoms with E-state index in [0.29, 0.717) is 5.11 Å². The number of nitrogens with zero attached hydrogens (tertiary/aromatic N) is 3. The van der Waals surface area contributed by atoms with Gasteiger partial charge in [-0.1, -0.05) is 42.5 Å². The number of ether oxygens (including phenoxy) is 1. The molecule has 2 aromatic heterocycles. The van der Waals surface area contributed by atoms with Gasteiger partial charge in [0.1, 0.15) is 5.75 Å². The van der Waals surface area contributed by atoms with Gasteiger partial charge in [-0.2, -0.15) is 0 Å². The summed E-state index contributed by atoms with van der Waals surface area (Å²) in [5.74, 6) is 0.801. The van der Waals surface area contributed by atoms with Gasteiger partial charge in [-0.3, -0.25) is 4.98 Å². The minimum atomic E-state index is -0.0782. The third-order valence-corrected chi connectivity index (χ3v) is 6.86. The molecule has 1 fully saturated rings. The van der Waals surface area contributed by atoms with E-state index in [1.54, 1.807) is 7.11 Å². The van der Waals surface area contributed by atoms with Crippen LogP contribution in [0.2, 0.25) is 0 Å². The van der Waals surface area contributed by atoms with Crippen molar-refractivity contribution in [3.05, 3.63) is 113 Å². The van der Waals surface area contributed by atoms with Crippen LogP contribution in [0.4, 0.5) is 5.69 Å². The number of aromatic nitrogens is 2. The Labute approximate surface area is 206 Å². The number of nitrogens with one attached hydrogen (secondary N) is 1. The lowest BCUT2D eigenvalue weighted by Crippen LogP contribution is -2.29. The molecule has 172 valence electrons. The van der Waals surface area contributed by atoms with Gasteiger partial charge in [0, 0.05) is 35.9 Å². The summed E-state index contributed by atoms with van der Waals surface area (Å²) in [5.41, 5.74) is 6.92. The molecule has 2 aromatic carbocycles. The van der Waals surface area contributed by atoms with E-state index in [4.69, 9.17) is 17.0 Å². The van der Waals surface area contributed by atoms with Crippen molar-refractivity contribution in [2.24, 2.45) is 0 Å². The number of methoxy groups -OCH3 is 1. The first-order valence-corrected chi connectivity index (χ1v) is 11.8. The molecule has 0 amide bonds. The fourth-order valence-electron chi connectivity index (χ4n) is 4.85. The van der Waals surface area contributed by atoms with E-state index < -0.39 is 0 Å². The van der Waals surface area contributed by atoms with Crippen molar-refractivity contribution in [3.63, 3.8) is 0 Å². The predicted octanol–water partition coefficient (Wildman–Crippen LogP) is 5.73. The van der Waals surface area contributed by atoms with E-state index in [9.17, 15) is 0 Å². The fourth-order valence-corrected chi connectivity index (χ4v) is 5.19. The van der Waals surface area contributed by atoms with Crippen LogP contribution in [0.3, 0.4) is 0 Å². The molecule has 1 N–H and O–H groups in total. The van der Waals surface area contributed by atoms with Gasteiger partial charge in [0.15, 0.2) is 5.11 Å². The number of rotatable bonds is 6. The molecule has 3 heterocycles. The molecule has 34 heavy (non-hydrogen) atoms. The summed E-state index contributed by atoms with van der Waals surface area (Å²) in [6, 6.07) is 26.8. The SMILES string of the molecule is COc1cccc(N2C(=S)N[C@@H](c3ccccn3)[C@H]2c2cc(C)n(Cc3ccccc3)c2C)c1. The zero-order valence-corrected chi connectivity index (χ0v) is 20.4. The summed E-state index contributed by atoms with van der Waals surface area (Å²) in [7, 11) is 1.69. The average Bonchev–Trinajstić information content (AvgIpc) is 3.36. The van der Waals surface area contributed by atoms with Gasteiger partial charge in [0.25, 0.3) is 0 Å². The smallest absolute Gasteiger partial charge is 0.174 e. The van der Waals surface area contributed by atoms with Crippen LogP contribution in [0.1, 0.15) is 40.3 Å². The minimum absolute atomic E-state index is 0.0507. The Bertz CT molecular complexity index is 1300. The minimum Gasteiger partial charge on any atom is -0.497 e. The third-order valence-electron chi connectivity index (χ3n) is 6.54. The quantitative estimate of drug-likeness (QED) is 0.366. The Morgan fingerprint density at radius 2 is 1.76 bits per heavy atom. The molecule has 0 unspecified atom stereocenters. The summed E-state index contributed by atoms with van der Waals surface area (Å²) in [6.07, 6.45) is 1.84. The van der Waals surface area contributed by atoms with Gasteiger partial charge in [0.05, 0.1) is 24.9 Å². The van der Waals surface area contributed by atoms with Crippen LogP contribution >= 0.6 is 12.2 Å². The van der Waals surface area contributed by atoms with Gasteiger partial charge >= 0.3 is 0 Å². The maximum absolute atomic E-state index is 5.88. The summed E-state index contributed by atoms with van der Waals surface area (Å²) >= 11 is 5.88. The monoisotopic (exact) mass is 468 g/mol. The molecule has 1 aliphatic heterocycles. The second-order valence-corrected chi connectivity index (χ2v) is 8.98. The van der Waals surface area contributed by atoms with E-state index in [1.165, 1.54) is 22.5 Å². The van der Waals surface area contributed by atoms with Crippen molar-refractivity contribution in [2.75, 3.05) is 12.0 Å². The summed E-state index contributed by atoms with van der Waals surface area (Å²) in [5, 5.41) is 4.24. The zero-order chi connectivity index (χ0) is 23.7. The van der Waals surface area contributed by atoms with Gasteiger partial charge in [-0.05, 0) is 67.5 Å². The van der Waals surface area contributed by atoms with Crippen LogP contribution in [0, 0.1) is 13.8 Å². The highest BCUT2D eigenvalue weighted by Crippen LogP contribution is 2.43. The Kier molecular flexibility index (Phi) is 6.07. The maximum Gasteiger partial charge on any atom is 0.174 e. The summed E-state index contributed by atoms with van der Waals surface area (Å²) < 4.78 is 7.89. The maximum atomic E-state index is 5.88. The number of thiocarbonyl (C=S) groups is 1. The molecule has 1 saturated heterocycles. The molecule has 0 aliphatic carbocycles. The molecule has 5 nitrogen and oxygen atoms in total. The van der Waals surface area contributed by atoms with Crippen molar-refractivity contribution in [2.45, 2.75) is 32.5 Å². The predicted molar refractivity (Wildman–Crippen MR) is 140 cm³/mol. The second-order valence-electron chi connectivity index (χ2n) is 8.60. The summed E-state index contributed by atoms with van der Waals surface area (Å²) in [4.78, 5) is 6.88. The highest BCUT2D eigenvalue weighted by atomic mass is 32.1. The van der Waals surface area contributed by atoms with Gasteiger partial charge in [0.2, 0.25) is 0 Å². The van der Waals surface area contributed by atoms with E-state index in [0.717, 1.165) is 23.7 Å². The standard InChI is InChI=1S/C28H28N4OS/c1-19-16-24(20(2)31(19)18-21-10-5-4-6-11-21)27-26(25-14-7-8-15-29-25)30-28(34)32(27)22-12-9-13-23(17-22)33-3/h4-17,26-27H,18H2,1-3H3,(H,30,34)/t26-,27+/m0/s1. The Morgan fingerprint density at radius 3 is 2.50 bits per heavy atom. The zero-order valence-electron chi connectivity index (χ0n) is 19.6. The number of pyridine rings is 1. The van der Waals surface area contributed by atoms with Crippen molar-refractivity contribution in [1.29, 1.82) is 0 Å². The number of aryl methyl sites for hydroxylation is 1. The Balaban J connectivity index is 1.62. The van der Waals surface area contributed by atoms with E-state index in [-0.39, 0.29) is 12.1 Å². The van der Waals surface area contributed by atoms with Gasteiger partial charge < -0.3 is 19.5 Å². The van der Waals surface area contributed by atoms with E-state index >= 15 is 0 Å². The molecular formula is C28H28N4OS. The molecule has 0 spiro atoms. The van der Waals surface area contributed by atoms with E-state index in [1.807, 2.05) is 36.5 Å². The van der Waals surface area contributed by atoms with Crippen molar-refractivity contribution >= 4 is 23.0 Å².